The molecule has 0 saturated heterocycles. The molecule has 1 aliphatic carbocycles. The van der Waals surface area contributed by atoms with E-state index in [1.165, 1.54) is 0 Å². The van der Waals surface area contributed by atoms with Crippen LogP contribution in [0.4, 0.5) is 0 Å². The molecule has 0 heterocycles. The molecular weight excluding hydrogens is 190 g/mol. The second kappa shape index (κ2) is 3.90. The quantitative estimate of drug-likeness (QED) is 0.528. The van der Waals surface area contributed by atoms with Crippen LogP contribution in [-0.2, 0) is 4.79 Å². The van der Waals surface area contributed by atoms with Crippen LogP contribution in [0.25, 0.3) is 0 Å². The zero-order valence-corrected chi connectivity index (χ0v) is 9.29. The van der Waals surface area contributed by atoms with E-state index in [1.807, 2.05) is 13.0 Å². The molecule has 0 spiro atoms. The number of carboxylic acids is 1. The minimum absolute atomic E-state index is 0.0473. The van der Waals surface area contributed by atoms with Gasteiger partial charge in [-0.1, -0.05) is 25.5 Å². The van der Waals surface area contributed by atoms with Gasteiger partial charge in [-0.3, -0.25) is 0 Å². The predicted octanol–water partition coefficient (Wildman–Crippen LogP) is 2.66. The second-order valence-electron chi connectivity index (χ2n) is 4.83. The van der Waals surface area contributed by atoms with Crippen molar-refractivity contribution in [2.45, 2.75) is 33.6 Å². The number of nitrogens with zero attached hydrogens (tertiary/aromatic N) is 1. The Kier molecular flexibility index (Phi) is 2.99. The van der Waals surface area contributed by atoms with Gasteiger partial charge in [0, 0.05) is 0 Å². The van der Waals surface area contributed by atoms with E-state index in [1.54, 1.807) is 6.07 Å². The van der Waals surface area contributed by atoms with Crippen LogP contribution in [0.2, 0.25) is 0 Å². The number of allylic oxidation sites excluding steroid dienone is 3. The lowest BCUT2D eigenvalue weighted by molar-refractivity contribution is -0.132. The summed E-state index contributed by atoms with van der Waals surface area (Å²) >= 11 is 0. The average molecular weight is 205 g/mol. The molecule has 3 heteroatoms. The van der Waals surface area contributed by atoms with Crippen molar-refractivity contribution in [1.29, 1.82) is 5.26 Å². The molecule has 80 valence electrons. The van der Waals surface area contributed by atoms with Gasteiger partial charge in [0.25, 0.3) is 0 Å². The van der Waals surface area contributed by atoms with E-state index in [0.717, 1.165) is 12.0 Å². The maximum atomic E-state index is 10.8. The van der Waals surface area contributed by atoms with E-state index >= 15 is 0 Å². The zero-order valence-electron chi connectivity index (χ0n) is 9.29. The van der Waals surface area contributed by atoms with Crippen molar-refractivity contribution >= 4 is 5.97 Å². The predicted molar refractivity (Wildman–Crippen MR) is 57.0 cm³/mol. The third-order valence-electron chi connectivity index (χ3n) is 2.49. The van der Waals surface area contributed by atoms with Crippen LogP contribution in [0.5, 0.6) is 0 Å². The Morgan fingerprint density at radius 3 is 2.53 bits per heavy atom. The number of rotatable bonds is 1. The summed E-state index contributed by atoms with van der Waals surface area (Å²) in [5.74, 6) is -1.13. The van der Waals surface area contributed by atoms with Crippen molar-refractivity contribution in [3.05, 3.63) is 22.8 Å². The van der Waals surface area contributed by atoms with Crippen LogP contribution in [0.1, 0.15) is 33.6 Å². The van der Waals surface area contributed by atoms with E-state index < -0.39 is 5.97 Å². The van der Waals surface area contributed by atoms with Gasteiger partial charge in [0.15, 0.2) is 0 Å². The second-order valence-corrected chi connectivity index (χ2v) is 4.83. The lowest BCUT2D eigenvalue weighted by Gasteiger charge is -2.30. The van der Waals surface area contributed by atoms with Crippen LogP contribution in [0.3, 0.4) is 0 Å². The highest BCUT2D eigenvalue weighted by molar-refractivity contribution is 5.92. The minimum atomic E-state index is -1.13. The SMILES string of the molecule is CC1=CC(=C(C#N)C(=O)O)CC(C)(C)C1. The van der Waals surface area contributed by atoms with Crippen LogP contribution in [0, 0.1) is 16.7 Å². The third kappa shape index (κ3) is 2.69. The standard InChI is InChI=1S/C12H15NO2/c1-8-4-9(6-12(2,3)5-8)10(7-13)11(14)15/h4H,5-6H2,1-3H3,(H,14,15). The molecule has 0 aliphatic heterocycles. The molecule has 0 aromatic carbocycles. The molecule has 0 radical (unpaired) electrons. The number of carboxylic acid groups (broad SMARTS) is 1. The first kappa shape index (κ1) is 11.5. The van der Waals surface area contributed by atoms with Crippen molar-refractivity contribution in [2.24, 2.45) is 5.41 Å². The summed E-state index contributed by atoms with van der Waals surface area (Å²) in [6.45, 7) is 6.14. The monoisotopic (exact) mass is 205 g/mol. The third-order valence-corrected chi connectivity index (χ3v) is 2.49. The molecular formula is C12H15NO2. The molecule has 0 atom stereocenters. The molecule has 0 amide bonds. The fourth-order valence-corrected chi connectivity index (χ4v) is 2.15. The van der Waals surface area contributed by atoms with Gasteiger partial charge >= 0.3 is 5.97 Å². The summed E-state index contributed by atoms with van der Waals surface area (Å²) in [5.41, 5.74) is 1.71. The van der Waals surface area contributed by atoms with Crippen LogP contribution in [-0.4, -0.2) is 11.1 Å². The van der Waals surface area contributed by atoms with Gasteiger partial charge in [-0.15, -0.1) is 0 Å². The largest absolute Gasteiger partial charge is 0.477 e. The first-order valence-corrected chi connectivity index (χ1v) is 4.89. The molecule has 1 aliphatic rings. The summed E-state index contributed by atoms with van der Waals surface area (Å²) < 4.78 is 0. The van der Waals surface area contributed by atoms with Gasteiger partial charge in [0.1, 0.15) is 11.6 Å². The molecule has 1 rings (SSSR count). The van der Waals surface area contributed by atoms with E-state index in [-0.39, 0.29) is 11.0 Å². The van der Waals surface area contributed by atoms with Crippen LogP contribution < -0.4 is 0 Å². The smallest absolute Gasteiger partial charge is 0.346 e. The summed E-state index contributed by atoms with van der Waals surface area (Å²) in [7, 11) is 0. The summed E-state index contributed by atoms with van der Waals surface area (Å²) in [6.07, 6.45) is 3.44. The van der Waals surface area contributed by atoms with Gasteiger partial charge in [0.05, 0.1) is 0 Å². The summed E-state index contributed by atoms with van der Waals surface area (Å²) in [5, 5.41) is 17.7. The van der Waals surface area contributed by atoms with Gasteiger partial charge in [0.2, 0.25) is 0 Å². The highest BCUT2D eigenvalue weighted by atomic mass is 16.4. The Morgan fingerprint density at radius 1 is 1.53 bits per heavy atom. The molecule has 3 nitrogen and oxygen atoms in total. The molecule has 1 N–H and O–H groups in total. The first-order valence-electron chi connectivity index (χ1n) is 4.89. The van der Waals surface area contributed by atoms with Crippen molar-refractivity contribution in [3.8, 4) is 6.07 Å². The zero-order chi connectivity index (χ0) is 11.6. The number of nitriles is 1. The fourth-order valence-electron chi connectivity index (χ4n) is 2.15. The van der Waals surface area contributed by atoms with Crippen molar-refractivity contribution in [2.75, 3.05) is 0 Å². The van der Waals surface area contributed by atoms with E-state index in [4.69, 9.17) is 10.4 Å². The molecule has 15 heavy (non-hydrogen) atoms. The van der Waals surface area contributed by atoms with Crippen LogP contribution >= 0.6 is 0 Å². The molecule has 0 unspecified atom stereocenters. The Morgan fingerprint density at radius 2 is 2.13 bits per heavy atom. The maximum Gasteiger partial charge on any atom is 0.346 e. The maximum absolute atomic E-state index is 10.8. The number of hydrogen-bond donors (Lipinski definition) is 1. The van der Waals surface area contributed by atoms with Crippen molar-refractivity contribution < 1.29 is 9.90 Å². The van der Waals surface area contributed by atoms with Crippen molar-refractivity contribution in [1.82, 2.24) is 0 Å². The lowest BCUT2D eigenvalue weighted by Crippen LogP contribution is -2.18. The highest BCUT2D eigenvalue weighted by Crippen LogP contribution is 2.38. The highest BCUT2D eigenvalue weighted by Gasteiger charge is 2.27. The average Bonchev–Trinajstić information content (AvgIpc) is 1.99. The first-order chi connectivity index (χ1) is 6.85. The van der Waals surface area contributed by atoms with Crippen molar-refractivity contribution in [3.63, 3.8) is 0 Å². The van der Waals surface area contributed by atoms with E-state index in [9.17, 15) is 4.79 Å². The number of hydrogen-bond acceptors (Lipinski definition) is 2. The topological polar surface area (TPSA) is 61.1 Å². The fraction of sp³-hybridized carbons (Fsp3) is 0.500. The normalized spacial score (nSPS) is 22.7. The summed E-state index contributed by atoms with van der Waals surface area (Å²) in [4.78, 5) is 10.8. The Bertz CT molecular complexity index is 394. The van der Waals surface area contributed by atoms with Gasteiger partial charge in [-0.05, 0) is 30.8 Å². The summed E-state index contributed by atoms with van der Waals surface area (Å²) in [6, 6.07) is 1.77. The molecule has 0 bridgehead atoms. The Hall–Kier alpha value is -1.56. The molecule has 0 saturated carbocycles. The molecule has 0 fully saturated rings. The number of aliphatic carboxylic acids is 1. The van der Waals surface area contributed by atoms with Gasteiger partial charge in [-0.25, -0.2) is 4.79 Å². The Labute approximate surface area is 89.7 Å². The minimum Gasteiger partial charge on any atom is -0.477 e. The lowest BCUT2D eigenvalue weighted by atomic mass is 9.74. The van der Waals surface area contributed by atoms with Gasteiger partial charge < -0.3 is 5.11 Å². The van der Waals surface area contributed by atoms with Gasteiger partial charge in [-0.2, -0.15) is 5.26 Å². The molecule has 0 aromatic rings. The number of carbonyl (C=O) groups is 1. The Balaban J connectivity index is 3.22. The van der Waals surface area contributed by atoms with E-state index in [2.05, 4.69) is 13.8 Å². The van der Waals surface area contributed by atoms with Crippen LogP contribution in [0.15, 0.2) is 22.8 Å². The van der Waals surface area contributed by atoms with E-state index in [0.29, 0.717) is 12.0 Å². The molecule has 0 aromatic heterocycles.